The Morgan fingerprint density at radius 3 is 2.30 bits per heavy atom. The highest BCUT2D eigenvalue weighted by molar-refractivity contribution is 7.90. The number of benzene rings is 2. The number of piperazine rings is 1. The first-order chi connectivity index (χ1) is 12.9. The molecule has 2 aromatic rings. The molecule has 2 aromatic carbocycles. The molecule has 0 unspecified atom stereocenters. The minimum Gasteiger partial charge on any atom is -0.322 e. The van der Waals surface area contributed by atoms with E-state index in [0.29, 0.717) is 32.7 Å². The van der Waals surface area contributed by atoms with E-state index in [1.165, 1.54) is 6.26 Å². The van der Waals surface area contributed by atoms with Gasteiger partial charge in [0.25, 0.3) is 0 Å². The van der Waals surface area contributed by atoms with Crippen LogP contribution in [0.1, 0.15) is 0 Å². The van der Waals surface area contributed by atoms with Gasteiger partial charge >= 0.3 is 6.03 Å². The topological polar surface area (TPSA) is 69.7 Å². The molecule has 1 N–H and O–H groups in total. The fourth-order valence-corrected chi connectivity index (χ4v) is 3.67. The molecule has 0 radical (unpaired) electrons. The number of nitrogens with one attached hydrogen (secondary N) is 1. The third-order valence-electron chi connectivity index (χ3n) is 4.66. The molecule has 7 heteroatoms. The number of hydrogen-bond donors (Lipinski definition) is 1. The fourth-order valence-electron chi connectivity index (χ4n) is 3.08. The molecule has 1 aliphatic heterocycles. The predicted octanol–water partition coefficient (Wildman–Crippen LogP) is 2.55. The summed E-state index contributed by atoms with van der Waals surface area (Å²) in [5, 5.41) is 2.97. The Labute approximate surface area is 160 Å². The van der Waals surface area contributed by atoms with E-state index in [1.54, 1.807) is 4.90 Å². The van der Waals surface area contributed by atoms with Gasteiger partial charge in [-0.3, -0.25) is 4.90 Å². The first kappa shape index (κ1) is 19.4. The van der Waals surface area contributed by atoms with E-state index in [-0.39, 0.29) is 11.8 Å². The summed E-state index contributed by atoms with van der Waals surface area (Å²) in [7, 11) is -2.96. The molecule has 3 rings (SSSR count). The summed E-state index contributed by atoms with van der Waals surface area (Å²) < 4.78 is 22.6. The highest BCUT2D eigenvalue weighted by Gasteiger charge is 2.21. The van der Waals surface area contributed by atoms with Crippen molar-refractivity contribution >= 4 is 21.6 Å². The zero-order valence-corrected chi connectivity index (χ0v) is 16.3. The zero-order valence-electron chi connectivity index (χ0n) is 15.5. The Balaban J connectivity index is 1.54. The SMILES string of the molecule is CS(=O)(=O)CCN1CCN(C(=O)Nc2cccc(-c3ccccc3)c2)CC1. The van der Waals surface area contributed by atoms with E-state index in [4.69, 9.17) is 0 Å². The van der Waals surface area contributed by atoms with E-state index < -0.39 is 9.84 Å². The first-order valence-electron chi connectivity index (χ1n) is 9.02. The third-order valence-corrected chi connectivity index (χ3v) is 5.58. The second-order valence-electron chi connectivity index (χ2n) is 6.84. The lowest BCUT2D eigenvalue weighted by Crippen LogP contribution is -2.50. The Morgan fingerprint density at radius 2 is 1.63 bits per heavy atom. The normalized spacial score (nSPS) is 15.5. The molecule has 0 aliphatic carbocycles. The number of anilines is 1. The molecule has 2 amide bonds. The van der Waals surface area contributed by atoms with Gasteiger partial charge in [0.15, 0.2) is 0 Å². The van der Waals surface area contributed by atoms with E-state index >= 15 is 0 Å². The zero-order chi connectivity index (χ0) is 19.3. The van der Waals surface area contributed by atoms with Crippen LogP contribution >= 0.6 is 0 Å². The average Bonchev–Trinajstić information content (AvgIpc) is 2.67. The van der Waals surface area contributed by atoms with Gasteiger partial charge in [-0.15, -0.1) is 0 Å². The van der Waals surface area contributed by atoms with Crippen molar-refractivity contribution in [3.05, 3.63) is 54.6 Å². The second kappa shape index (κ2) is 8.54. The van der Waals surface area contributed by atoms with Crippen LogP contribution in [0.25, 0.3) is 11.1 Å². The van der Waals surface area contributed by atoms with Crippen molar-refractivity contribution in [1.29, 1.82) is 0 Å². The number of rotatable bonds is 5. The smallest absolute Gasteiger partial charge is 0.321 e. The highest BCUT2D eigenvalue weighted by Crippen LogP contribution is 2.22. The van der Waals surface area contributed by atoms with Crippen LogP contribution in [0.15, 0.2) is 54.6 Å². The lowest BCUT2D eigenvalue weighted by atomic mass is 10.1. The number of sulfone groups is 1. The van der Waals surface area contributed by atoms with Crippen LogP contribution < -0.4 is 5.32 Å². The quantitative estimate of drug-likeness (QED) is 0.856. The number of hydrogen-bond acceptors (Lipinski definition) is 4. The van der Waals surface area contributed by atoms with Crippen LogP contribution in [0.3, 0.4) is 0 Å². The van der Waals surface area contributed by atoms with Crippen molar-refractivity contribution in [1.82, 2.24) is 9.80 Å². The maximum atomic E-state index is 12.5. The van der Waals surface area contributed by atoms with Gasteiger partial charge < -0.3 is 10.2 Å². The summed E-state index contributed by atoms with van der Waals surface area (Å²) in [6, 6.07) is 17.7. The molecular formula is C20H25N3O3S. The van der Waals surface area contributed by atoms with Gasteiger partial charge in [0.2, 0.25) is 0 Å². The van der Waals surface area contributed by atoms with Gasteiger partial charge in [0, 0.05) is 44.7 Å². The lowest BCUT2D eigenvalue weighted by Gasteiger charge is -2.34. The van der Waals surface area contributed by atoms with Crippen LogP contribution in [-0.2, 0) is 9.84 Å². The maximum absolute atomic E-state index is 12.5. The first-order valence-corrected chi connectivity index (χ1v) is 11.1. The summed E-state index contributed by atoms with van der Waals surface area (Å²) in [4.78, 5) is 16.4. The summed E-state index contributed by atoms with van der Waals surface area (Å²) >= 11 is 0. The number of urea groups is 1. The van der Waals surface area contributed by atoms with Gasteiger partial charge in [0.05, 0.1) is 5.75 Å². The molecule has 0 saturated carbocycles. The summed E-state index contributed by atoms with van der Waals surface area (Å²) in [5.41, 5.74) is 2.92. The van der Waals surface area contributed by atoms with Crippen molar-refractivity contribution in [2.75, 3.05) is 50.0 Å². The van der Waals surface area contributed by atoms with Gasteiger partial charge in [-0.25, -0.2) is 13.2 Å². The van der Waals surface area contributed by atoms with Gasteiger partial charge in [-0.1, -0.05) is 42.5 Å². The highest BCUT2D eigenvalue weighted by atomic mass is 32.2. The summed E-state index contributed by atoms with van der Waals surface area (Å²) in [6.07, 6.45) is 1.25. The molecule has 1 fully saturated rings. The third kappa shape index (κ3) is 5.80. The second-order valence-corrected chi connectivity index (χ2v) is 9.10. The summed E-state index contributed by atoms with van der Waals surface area (Å²) in [6.45, 7) is 3.08. The Hall–Kier alpha value is -2.38. The molecular weight excluding hydrogens is 362 g/mol. The fraction of sp³-hybridized carbons (Fsp3) is 0.350. The summed E-state index contributed by atoms with van der Waals surface area (Å²) in [5.74, 6) is 0.158. The van der Waals surface area contributed by atoms with E-state index in [2.05, 4.69) is 10.2 Å². The van der Waals surface area contributed by atoms with Crippen LogP contribution in [0.4, 0.5) is 10.5 Å². The van der Waals surface area contributed by atoms with Gasteiger partial charge in [0.1, 0.15) is 9.84 Å². The molecule has 1 saturated heterocycles. The predicted molar refractivity (Wildman–Crippen MR) is 109 cm³/mol. The molecule has 0 aromatic heterocycles. The lowest BCUT2D eigenvalue weighted by molar-refractivity contribution is 0.152. The number of amides is 2. The van der Waals surface area contributed by atoms with Crippen LogP contribution in [0.5, 0.6) is 0 Å². The van der Waals surface area contributed by atoms with Crippen LogP contribution in [0, 0.1) is 0 Å². The van der Waals surface area contributed by atoms with Gasteiger partial charge in [-0.2, -0.15) is 0 Å². The number of carbonyl (C=O) groups excluding carboxylic acids is 1. The van der Waals surface area contributed by atoms with Crippen LogP contribution in [0.2, 0.25) is 0 Å². The van der Waals surface area contributed by atoms with Crippen LogP contribution in [-0.4, -0.2) is 69.0 Å². The van der Waals surface area contributed by atoms with Crippen molar-refractivity contribution in [3.63, 3.8) is 0 Å². The van der Waals surface area contributed by atoms with E-state index in [0.717, 1.165) is 16.8 Å². The monoisotopic (exact) mass is 387 g/mol. The van der Waals surface area contributed by atoms with Crippen molar-refractivity contribution < 1.29 is 13.2 Å². The van der Waals surface area contributed by atoms with Crippen molar-refractivity contribution in [2.45, 2.75) is 0 Å². The average molecular weight is 388 g/mol. The van der Waals surface area contributed by atoms with Crippen molar-refractivity contribution in [2.24, 2.45) is 0 Å². The number of nitrogens with zero attached hydrogens (tertiary/aromatic N) is 2. The van der Waals surface area contributed by atoms with E-state index in [1.807, 2.05) is 54.6 Å². The Bertz CT molecular complexity index is 876. The maximum Gasteiger partial charge on any atom is 0.321 e. The number of carbonyl (C=O) groups is 1. The Morgan fingerprint density at radius 1 is 0.963 bits per heavy atom. The van der Waals surface area contributed by atoms with Gasteiger partial charge in [-0.05, 0) is 23.3 Å². The molecule has 0 bridgehead atoms. The standard InChI is InChI=1S/C20H25N3O3S/c1-27(25,26)15-14-22-10-12-23(13-11-22)20(24)21-19-9-5-8-18(16-19)17-6-3-2-4-7-17/h2-9,16H,10-15H2,1H3,(H,21,24). The minimum absolute atomic E-state index is 0.122. The minimum atomic E-state index is -2.96. The molecule has 1 aliphatic rings. The largest absolute Gasteiger partial charge is 0.322 e. The molecule has 0 atom stereocenters. The molecule has 27 heavy (non-hydrogen) atoms. The Kier molecular flexibility index (Phi) is 6.13. The molecule has 144 valence electrons. The molecule has 0 spiro atoms. The molecule has 1 heterocycles. The van der Waals surface area contributed by atoms with Crippen molar-refractivity contribution in [3.8, 4) is 11.1 Å². The van der Waals surface area contributed by atoms with E-state index in [9.17, 15) is 13.2 Å². The molecule has 6 nitrogen and oxygen atoms in total.